The van der Waals surface area contributed by atoms with Gasteiger partial charge in [-0.1, -0.05) is 49.8 Å². The second-order valence-electron chi connectivity index (χ2n) is 8.02. The average molecular weight is 381 g/mol. The molecule has 5 nitrogen and oxygen atoms in total. The quantitative estimate of drug-likeness (QED) is 0.574. The summed E-state index contributed by atoms with van der Waals surface area (Å²) >= 11 is 0. The van der Waals surface area contributed by atoms with Crippen molar-refractivity contribution in [3.63, 3.8) is 0 Å². The minimum Gasteiger partial charge on any atom is -0.356 e. The van der Waals surface area contributed by atoms with E-state index >= 15 is 0 Å². The summed E-state index contributed by atoms with van der Waals surface area (Å²) in [7, 11) is 1.63. The molecule has 150 valence electrons. The number of nitrogens with one attached hydrogen (secondary N) is 1. The summed E-state index contributed by atoms with van der Waals surface area (Å²) in [6, 6.07) is 0.275. The topological polar surface area (TPSA) is 59.8 Å². The van der Waals surface area contributed by atoms with Gasteiger partial charge in [0.1, 0.15) is 12.7 Å². The maximum Gasteiger partial charge on any atom is 0.243 e. The number of rotatable bonds is 6. The predicted molar refractivity (Wildman–Crippen MR) is 115 cm³/mol. The molecule has 1 heterocycles. The van der Waals surface area contributed by atoms with Crippen molar-refractivity contribution in [2.24, 2.45) is 5.41 Å². The lowest BCUT2D eigenvalue weighted by Gasteiger charge is -2.37. The fourth-order valence-corrected chi connectivity index (χ4v) is 3.58. The van der Waals surface area contributed by atoms with E-state index in [1.165, 1.54) is 11.1 Å². The molecule has 0 saturated carbocycles. The number of nitrogens with zero attached hydrogens (tertiary/aromatic N) is 3. The minimum absolute atomic E-state index is 0.0911. The Morgan fingerprint density at radius 3 is 2.68 bits per heavy atom. The second-order valence-corrected chi connectivity index (χ2v) is 8.02. The van der Waals surface area contributed by atoms with Gasteiger partial charge in [-0.25, -0.2) is 9.67 Å². The summed E-state index contributed by atoms with van der Waals surface area (Å²) in [5, 5.41) is 6.93. The first-order chi connectivity index (χ1) is 13.2. The highest BCUT2D eigenvalue weighted by molar-refractivity contribution is 5.88. The smallest absolute Gasteiger partial charge is 0.243 e. The zero-order valence-corrected chi connectivity index (χ0v) is 17.9. The molecule has 0 saturated heterocycles. The molecule has 0 fully saturated rings. The van der Waals surface area contributed by atoms with Crippen LogP contribution in [0.4, 0.5) is 0 Å². The van der Waals surface area contributed by atoms with Crippen molar-refractivity contribution < 1.29 is 4.79 Å². The van der Waals surface area contributed by atoms with Gasteiger partial charge in [-0.3, -0.25) is 4.79 Å². The molecule has 1 aliphatic carbocycles. The van der Waals surface area contributed by atoms with Gasteiger partial charge in [0, 0.05) is 13.1 Å². The number of aromatic nitrogens is 3. The summed E-state index contributed by atoms with van der Waals surface area (Å²) in [4.78, 5) is 15.4. The lowest BCUT2D eigenvalue weighted by Crippen LogP contribution is -2.26. The van der Waals surface area contributed by atoms with Gasteiger partial charge in [0.15, 0.2) is 0 Å². The number of carbonyl (C=O) groups excluding carboxylic acids is 1. The maximum absolute atomic E-state index is 11.3. The van der Waals surface area contributed by atoms with Gasteiger partial charge in [0.25, 0.3) is 0 Å². The van der Waals surface area contributed by atoms with Gasteiger partial charge in [-0.05, 0) is 55.7 Å². The normalized spacial score (nSPS) is 21.0. The van der Waals surface area contributed by atoms with Crippen molar-refractivity contribution in [3.05, 3.63) is 71.4 Å². The van der Waals surface area contributed by atoms with Crippen LogP contribution in [0.1, 0.15) is 53.5 Å². The van der Waals surface area contributed by atoms with E-state index in [0.29, 0.717) is 0 Å². The second kappa shape index (κ2) is 9.49. The lowest BCUT2D eigenvalue weighted by atomic mass is 9.71. The summed E-state index contributed by atoms with van der Waals surface area (Å²) in [6.45, 7) is 10.8. The summed E-state index contributed by atoms with van der Waals surface area (Å²) in [5.74, 6) is -0.0911. The molecule has 5 heteroatoms. The van der Waals surface area contributed by atoms with Crippen molar-refractivity contribution in [2.75, 3.05) is 7.05 Å². The van der Waals surface area contributed by atoms with E-state index in [1.807, 2.05) is 23.8 Å². The molecule has 0 aromatic carbocycles. The number of hydrogen-bond donors (Lipinski definition) is 1. The Bertz CT molecular complexity index is 836. The van der Waals surface area contributed by atoms with Gasteiger partial charge in [0.05, 0.1) is 6.04 Å². The molecule has 1 N–H and O–H groups in total. The Balaban J connectivity index is 2.18. The van der Waals surface area contributed by atoms with E-state index in [2.05, 4.69) is 61.3 Å². The molecule has 1 aromatic rings. The Morgan fingerprint density at radius 2 is 2.04 bits per heavy atom. The Kier molecular flexibility index (Phi) is 7.32. The van der Waals surface area contributed by atoms with Crippen molar-refractivity contribution in [1.82, 2.24) is 20.1 Å². The number of allylic oxidation sites excluding steroid dienone is 9. The van der Waals surface area contributed by atoms with E-state index in [4.69, 9.17) is 0 Å². The SMILES string of the molecule is CNC(=O)/C=C(C)/C=C/C=C(C)/C=C/C1=C(C)C(n2cncn2)CCC1(C)C. The number of amides is 1. The van der Waals surface area contributed by atoms with Crippen LogP contribution in [0.15, 0.2) is 71.4 Å². The Morgan fingerprint density at radius 1 is 1.29 bits per heavy atom. The third-order valence-electron chi connectivity index (χ3n) is 5.29. The van der Waals surface area contributed by atoms with Gasteiger partial charge in [-0.2, -0.15) is 5.10 Å². The van der Waals surface area contributed by atoms with E-state index < -0.39 is 0 Å². The van der Waals surface area contributed by atoms with Crippen LogP contribution in [0.2, 0.25) is 0 Å². The maximum atomic E-state index is 11.3. The highest BCUT2D eigenvalue weighted by Gasteiger charge is 2.32. The first-order valence-electron chi connectivity index (χ1n) is 9.73. The van der Waals surface area contributed by atoms with Gasteiger partial charge < -0.3 is 5.32 Å². The summed E-state index contributed by atoms with van der Waals surface area (Å²) in [6.07, 6.45) is 17.5. The van der Waals surface area contributed by atoms with Gasteiger partial charge in [0.2, 0.25) is 5.91 Å². The molecule has 1 atom stereocenters. The molecular weight excluding hydrogens is 348 g/mol. The van der Waals surface area contributed by atoms with E-state index in [-0.39, 0.29) is 17.4 Å². The molecule has 1 amide bonds. The van der Waals surface area contributed by atoms with E-state index in [9.17, 15) is 4.79 Å². The fraction of sp³-hybridized carbons (Fsp3) is 0.435. The molecule has 0 spiro atoms. The largest absolute Gasteiger partial charge is 0.356 e. The third-order valence-corrected chi connectivity index (χ3v) is 5.29. The molecule has 2 rings (SSSR count). The van der Waals surface area contributed by atoms with Crippen LogP contribution in [0, 0.1) is 5.41 Å². The number of hydrogen-bond acceptors (Lipinski definition) is 3. The van der Waals surface area contributed by atoms with Gasteiger partial charge >= 0.3 is 0 Å². The first-order valence-corrected chi connectivity index (χ1v) is 9.73. The van der Waals surface area contributed by atoms with Gasteiger partial charge in [-0.15, -0.1) is 0 Å². The highest BCUT2D eigenvalue weighted by atomic mass is 16.1. The Hall–Kier alpha value is -2.69. The molecule has 0 radical (unpaired) electrons. The molecule has 0 bridgehead atoms. The van der Waals surface area contributed by atoms with Crippen LogP contribution >= 0.6 is 0 Å². The van der Waals surface area contributed by atoms with Crippen LogP contribution in [0.25, 0.3) is 0 Å². The monoisotopic (exact) mass is 380 g/mol. The van der Waals surface area contributed by atoms with Crippen LogP contribution < -0.4 is 5.32 Å². The molecule has 0 aliphatic heterocycles. The fourth-order valence-electron chi connectivity index (χ4n) is 3.58. The zero-order valence-electron chi connectivity index (χ0n) is 17.9. The van der Waals surface area contributed by atoms with Crippen molar-refractivity contribution in [2.45, 2.75) is 53.5 Å². The average Bonchev–Trinajstić information content (AvgIpc) is 3.15. The molecule has 1 aromatic heterocycles. The minimum atomic E-state index is -0.0911. The molecular formula is C23H32N4O. The summed E-state index contributed by atoms with van der Waals surface area (Å²) in [5.41, 5.74) is 4.93. The van der Waals surface area contributed by atoms with E-state index in [1.54, 1.807) is 25.8 Å². The van der Waals surface area contributed by atoms with Crippen LogP contribution in [-0.4, -0.2) is 27.7 Å². The predicted octanol–water partition coefficient (Wildman–Crippen LogP) is 4.71. The third kappa shape index (κ3) is 5.65. The van der Waals surface area contributed by atoms with Crippen molar-refractivity contribution >= 4 is 5.91 Å². The first kappa shape index (κ1) is 21.6. The van der Waals surface area contributed by atoms with Crippen molar-refractivity contribution in [3.8, 4) is 0 Å². The van der Waals surface area contributed by atoms with Crippen LogP contribution in [0.5, 0.6) is 0 Å². The van der Waals surface area contributed by atoms with Crippen molar-refractivity contribution in [1.29, 1.82) is 0 Å². The number of likely N-dealkylation sites (N-methyl/N-ethyl adjacent to an activating group) is 1. The van der Waals surface area contributed by atoms with E-state index in [0.717, 1.165) is 24.0 Å². The zero-order chi connectivity index (χ0) is 20.7. The van der Waals surface area contributed by atoms with Crippen LogP contribution in [0.3, 0.4) is 0 Å². The summed E-state index contributed by atoms with van der Waals surface area (Å²) < 4.78 is 1.96. The standard InChI is InChI=1S/C23H32N4O/c1-17(8-7-9-18(2)14-22(28)24-6)10-11-20-19(3)21(12-13-23(20,4)5)27-16-25-15-26-27/h7-11,14-16,21H,12-13H2,1-6H3,(H,24,28)/b9-7+,11-10+,17-8+,18-14+. The molecule has 1 aliphatic rings. The highest BCUT2D eigenvalue weighted by Crippen LogP contribution is 2.45. The molecule has 28 heavy (non-hydrogen) atoms. The number of carbonyl (C=O) groups is 1. The molecule has 1 unspecified atom stereocenters. The Labute approximate surface area is 168 Å². The lowest BCUT2D eigenvalue weighted by molar-refractivity contribution is -0.116. The van der Waals surface area contributed by atoms with Crippen LogP contribution in [-0.2, 0) is 4.79 Å².